The van der Waals surface area contributed by atoms with Gasteiger partial charge >= 0.3 is 0 Å². The second-order valence-electron chi connectivity index (χ2n) is 12.4. The molecule has 1 unspecified atom stereocenters. The maximum absolute atomic E-state index is 10.8. The van der Waals surface area contributed by atoms with E-state index >= 15 is 0 Å². The second-order valence-corrected chi connectivity index (χ2v) is 12.4. The van der Waals surface area contributed by atoms with Crippen LogP contribution in [0.25, 0.3) is 0 Å². The fourth-order valence-electron chi connectivity index (χ4n) is 6.59. The van der Waals surface area contributed by atoms with Crippen molar-refractivity contribution in [2.24, 2.45) is 5.92 Å². The van der Waals surface area contributed by atoms with E-state index in [1.807, 2.05) is 97.9 Å². The van der Waals surface area contributed by atoms with E-state index in [0.717, 1.165) is 39.3 Å². The zero-order chi connectivity index (χ0) is 32.9. The summed E-state index contributed by atoms with van der Waals surface area (Å²) in [6, 6.07) is 31.9. The fraction of sp³-hybridized carbons (Fsp3) is 0.385. The van der Waals surface area contributed by atoms with Gasteiger partial charge in [-0.2, -0.15) is 0 Å². The largest absolute Gasteiger partial charge is 0.486 e. The molecular formula is C39H44O8. The van der Waals surface area contributed by atoms with Crippen molar-refractivity contribution in [3.8, 4) is 11.5 Å². The van der Waals surface area contributed by atoms with Crippen LogP contribution in [0, 0.1) is 12.8 Å². The van der Waals surface area contributed by atoms with Crippen LogP contribution < -0.4 is 9.47 Å². The number of aliphatic hydroxyl groups excluding tert-OH is 2. The standard InChI is InChI=1S/C39H44O8/c1-27-14-16-33(22-32(27)20-31-15-17-34-35(21-31)44-19-18-43-34)39(42-3)37(46-24-30-12-8-5-9-13-30)36(28(2)38(25-40,26-41)47-39)45-23-29-10-6-4-7-11-29/h4-17,21-22,28,36-37,40-41H,18-20,23-26H2,1-3H3/t28-,36-,37+,39?/m0/s1. The summed E-state index contributed by atoms with van der Waals surface area (Å²) < 4.78 is 38.3. The van der Waals surface area contributed by atoms with E-state index in [4.69, 9.17) is 28.4 Å². The molecule has 248 valence electrons. The lowest BCUT2D eigenvalue weighted by molar-refractivity contribution is -0.404. The maximum Gasteiger partial charge on any atom is 0.225 e. The zero-order valence-corrected chi connectivity index (χ0v) is 27.3. The number of hydrogen-bond donors (Lipinski definition) is 2. The molecule has 8 nitrogen and oxygen atoms in total. The predicted molar refractivity (Wildman–Crippen MR) is 177 cm³/mol. The van der Waals surface area contributed by atoms with E-state index in [0.29, 0.717) is 31.8 Å². The van der Waals surface area contributed by atoms with Gasteiger partial charge < -0.3 is 38.6 Å². The summed E-state index contributed by atoms with van der Waals surface area (Å²) in [4.78, 5) is 0. The molecule has 0 aromatic heterocycles. The molecule has 4 aromatic rings. The van der Waals surface area contributed by atoms with E-state index in [9.17, 15) is 10.2 Å². The Labute approximate surface area is 276 Å². The number of rotatable bonds is 12. The van der Waals surface area contributed by atoms with E-state index in [1.165, 1.54) is 0 Å². The molecule has 0 amide bonds. The van der Waals surface area contributed by atoms with Gasteiger partial charge in [-0.1, -0.05) is 85.8 Å². The molecule has 2 heterocycles. The van der Waals surface area contributed by atoms with Crippen LogP contribution in [0.2, 0.25) is 0 Å². The van der Waals surface area contributed by atoms with Gasteiger partial charge in [-0.15, -0.1) is 0 Å². The Morgan fingerprint density at radius 3 is 2.02 bits per heavy atom. The Morgan fingerprint density at radius 1 is 0.745 bits per heavy atom. The zero-order valence-electron chi connectivity index (χ0n) is 27.3. The van der Waals surface area contributed by atoms with Gasteiger partial charge in [0.15, 0.2) is 11.5 Å². The van der Waals surface area contributed by atoms with Gasteiger partial charge in [-0.25, -0.2) is 0 Å². The van der Waals surface area contributed by atoms with Crippen LogP contribution >= 0.6 is 0 Å². The van der Waals surface area contributed by atoms with Gasteiger partial charge in [0.1, 0.15) is 24.9 Å². The van der Waals surface area contributed by atoms with Gasteiger partial charge in [-0.05, 0) is 59.4 Å². The number of hydrogen-bond acceptors (Lipinski definition) is 8. The highest BCUT2D eigenvalue weighted by Crippen LogP contribution is 2.49. The molecule has 0 spiro atoms. The predicted octanol–water partition coefficient (Wildman–Crippen LogP) is 5.72. The third-order valence-electron chi connectivity index (χ3n) is 9.50. The topological polar surface area (TPSA) is 95.8 Å². The highest BCUT2D eigenvalue weighted by Gasteiger charge is 2.62. The molecule has 8 heteroatoms. The van der Waals surface area contributed by atoms with Gasteiger partial charge in [0.05, 0.1) is 32.5 Å². The van der Waals surface area contributed by atoms with Crippen molar-refractivity contribution in [2.75, 3.05) is 33.5 Å². The highest BCUT2D eigenvalue weighted by molar-refractivity contribution is 5.46. The Hall–Kier alpha value is -3.76. The van der Waals surface area contributed by atoms with Crippen LogP contribution in [0.3, 0.4) is 0 Å². The molecule has 2 aliphatic rings. The summed E-state index contributed by atoms with van der Waals surface area (Å²) in [5.74, 6) is -0.515. The summed E-state index contributed by atoms with van der Waals surface area (Å²) in [5, 5.41) is 21.6. The number of ether oxygens (including phenoxy) is 6. The lowest BCUT2D eigenvalue weighted by atomic mass is 9.75. The Balaban J connectivity index is 1.42. The molecule has 4 aromatic carbocycles. The number of methoxy groups -OCH3 is 1. The first-order chi connectivity index (χ1) is 22.9. The molecule has 4 atom stereocenters. The molecule has 0 aliphatic carbocycles. The van der Waals surface area contributed by atoms with Crippen LogP contribution in [-0.4, -0.2) is 61.6 Å². The molecule has 6 rings (SSSR count). The Morgan fingerprint density at radius 2 is 1.38 bits per heavy atom. The summed E-state index contributed by atoms with van der Waals surface area (Å²) in [6.45, 7) is 4.75. The second kappa shape index (κ2) is 14.6. The molecule has 2 aliphatic heterocycles. The van der Waals surface area contributed by atoms with Gasteiger partial charge in [0.2, 0.25) is 5.79 Å². The molecule has 1 fully saturated rings. The smallest absolute Gasteiger partial charge is 0.225 e. The molecule has 47 heavy (non-hydrogen) atoms. The summed E-state index contributed by atoms with van der Waals surface area (Å²) in [7, 11) is 1.57. The average molecular weight is 641 g/mol. The minimum absolute atomic E-state index is 0.277. The third-order valence-corrected chi connectivity index (χ3v) is 9.50. The average Bonchev–Trinajstić information content (AvgIpc) is 3.12. The highest BCUT2D eigenvalue weighted by atomic mass is 16.7. The first kappa shape index (κ1) is 33.2. The summed E-state index contributed by atoms with van der Waals surface area (Å²) >= 11 is 0. The van der Waals surface area contributed by atoms with Crippen molar-refractivity contribution < 1.29 is 38.6 Å². The Kier molecular flexibility index (Phi) is 10.3. The van der Waals surface area contributed by atoms with Gasteiger partial charge in [0, 0.05) is 18.6 Å². The first-order valence-corrected chi connectivity index (χ1v) is 16.2. The fourth-order valence-corrected chi connectivity index (χ4v) is 6.59. The van der Waals surface area contributed by atoms with Crippen LogP contribution in [-0.2, 0) is 44.4 Å². The van der Waals surface area contributed by atoms with Crippen molar-refractivity contribution in [2.45, 2.75) is 57.1 Å². The monoisotopic (exact) mass is 640 g/mol. The molecule has 2 N–H and O–H groups in total. The quantitative estimate of drug-likeness (QED) is 0.203. The van der Waals surface area contributed by atoms with Crippen molar-refractivity contribution in [3.63, 3.8) is 0 Å². The van der Waals surface area contributed by atoms with Crippen molar-refractivity contribution in [3.05, 3.63) is 130 Å². The molecule has 1 saturated heterocycles. The normalized spacial score (nSPS) is 23.4. The lowest BCUT2D eigenvalue weighted by Crippen LogP contribution is -2.69. The van der Waals surface area contributed by atoms with E-state index in [-0.39, 0.29) is 6.61 Å². The van der Waals surface area contributed by atoms with Crippen molar-refractivity contribution in [1.29, 1.82) is 0 Å². The minimum Gasteiger partial charge on any atom is -0.486 e. The van der Waals surface area contributed by atoms with Crippen LogP contribution in [0.4, 0.5) is 0 Å². The number of aliphatic hydroxyl groups is 2. The lowest BCUT2D eigenvalue weighted by Gasteiger charge is -2.56. The number of benzene rings is 4. The molecular weight excluding hydrogens is 596 g/mol. The summed E-state index contributed by atoms with van der Waals surface area (Å²) in [5.41, 5.74) is 4.50. The van der Waals surface area contributed by atoms with E-state index < -0.39 is 42.7 Å². The Bertz CT molecular complexity index is 1610. The van der Waals surface area contributed by atoms with Crippen molar-refractivity contribution >= 4 is 0 Å². The maximum atomic E-state index is 10.8. The molecule has 0 saturated carbocycles. The summed E-state index contributed by atoms with van der Waals surface area (Å²) in [6.07, 6.45) is -0.779. The molecule has 0 radical (unpaired) electrons. The molecule has 0 bridgehead atoms. The van der Waals surface area contributed by atoms with Crippen LogP contribution in [0.1, 0.15) is 40.3 Å². The van der Waals surface area contributed by atoms with Crippen molar-refractivity contribution in [1.82, 2.24) is 0 Å². The van der Waals surface area contributed by atoms with E-state index in [2.05, 4.69) is 13.0 Å². The van der Waals surface area contributed by atoms with Crippen LogP contribution in [0.15, 0.2) is 97.1 Å². The number of aryl methyl sites for hydroxylation is 1. The SMILES string of the molecule is COC1(c2ccc(C)c(Cc3ccc4c(c3)OCCO4)c2)OC(CO)(CO)[C@@H](C)[C@H](OCc2ccccc2)[C@H]1OCc1ccccc1. The van der Waals surface area contributed by atoms with Gasteiger partial charge in [-0.3, -0.25) is 0 Å². The third kappa shape index (κ3) is 6.81. The van der Waals surface area contributed by atoms with Crippen LogP contribution in [0.5, 0.6) is 11.5 Å². The van der Waals surface area contributed by atoms with Gasteiger partial charge in [0.25, 0.3) is 0 Å². The van der Waals surface area contributed by atoms with E-state index in [1.54, 1.807) is 7.11 Å². The minimum atomic E-state index is -1.54. The first-order valence-electron chi connectivity index (χ1n) is 16.2. The number of fused-ring (bicyclic) bond motifs is 1.